The largest absolute Gasteiger partial charge is 0.453 e. The van der Waals surface area contributed by atoms with Crippen molar-refractivity contribution in [3.05, 3.63) is 0 Å². The molecule has 0 aromatic rings. The zero-order valence-corrected chi connectivity index (χ0v) is 6.76. The highest BCUT2D eigenvalue weighted by Crippen LogP contribution is 1.72. The van der Waals surface area contributed by atoms with Gasteiger partial charge in [-0.15, -0.1) is 0 Å². The second-order valence-corrected chi connectivity index (χ2v) is 1.94. The molecule has 0 unspecified atom stereocenters. The Hall–Kier alpha value is -1.26. The number of alkyl carbamates (subject to hydrolysis) is 1. The minimum Gasteiger partial charge on any atom is -0.453 e. The minimum absolute atomic E-state index is 0.446. The molecule has 0 aromatic heterocycles. The SMILES string of the molecule is COC(=O)NCCN=C(C)N. The average molecular weight is 159 g/mol. The predicted molar refractivity (Wildman–Crippen MR) is 42.6 cm³/mol. The van der Waals surface area contributed by atoms with E-state index in [1.807, 2.05) is 0 Å². The van der Waals surface area contributed by atoms with Crippen molar-refractivity contribution in [1.82, 2.24) is 5.32 Å². The van der Waals surface area contributed by atoms with Gasteiger partial charge in [0.15, 0.2) is 0 Å². The summed E-state index contributed by atoms with van der Waals surface area (Å²) in [6.07, 6.45) is -0.449. The Balaban J connectivity index is 3.28. The van der Waals surface area contributed by atoms with E-state index >= 15 is 0 Å². The minimum atomic E-state index is -0.449. The maximum atomic E-state index is 10.4. The molecule has 0 fully saturated rings. The summed E-state index contributed by atoms with van der Waals surface area (Å²) in [5.74, 6) is 0.511. The van der Waals surface area contributed by atoms with Crippen LogP contribution in [0.3, 0.4) is 0 Å². The quantitative estimate of drug-likeness (QED) is 0.338. The fourth-order valence-corrected chi connectivity index (χ4v) is 0.462. The van der Waals surface area contributed by atoms with Crippen molar-refractivity contribution >= 4 is 11.9 Å². The second kappa shape index (κ2) is 5.52. The highest BCUT2D eigenvalue weighted by atomic mass is 16.5. The van der Waals surface area contributed by atoms with Crippen LogP contribution < -0.4 is 11.1 Å². The van der Waals surface area contributed by atoms with Gasteiger partial charge in [-0.05, 0) is 6.92 Å². The van der Waals surface area contributed by atoms with Crippen LogP contribution in [0.1, 0.15) is 6.92 Å². The van der Waals surface area contributed by atoms with Gasteiger partial charge in [-0.1, -0.05) is 0 Å². The first-order chi connectivity index (χ1) is 5.16. The Labute approximate surface area is 65.6 Å². The molecule has 64 valence electrons. The van der Waals surface area contributed by atoms with Crippen molar-refractivity contribution in [2.75, 3.05) is 20.2 Å². The van der Waals surface area contributed by atoms with Gasteiger partial charge in [-0.2, -0.15) is 0 Å². The molecular formula is C6H13N3O2. The van der Waals surface area contributed by atoms with Crippen LogP contribution in [-0.2, 0) is 4.74 Å². The fourth-order valence-electron chi connectivity index (χ4n) is 0.462. The maximum Gasteiger partial charge on any atom is 0.406 e. The molecular weight excluding hydrogens is 146 g/mol. The van der Waals surface area contributed by atoms with Crippen molar-refractivity contribution in [1.29, 1.82) is 0 Å². The van der Waals surface area contributed by atoms with Crippen LogP contribution in [-0.4, -0.2) is 32.1 Å². The molecule has 11 heavy (non-hydrogen) atoms. The number of aliphatic imine (C=N–C) groups is 1. The maximum absolute atomic E-state index is 10.4. The van der Waals surface area contributed by atoms with Gasteiger partial charge in [0.05, 0.1) is 19.5 Å². The van der Waals surface area contributed by atoms with Crippen molar-refractivity contribution in [2.45, 2.75) is 6.92 Å². The zero-order valence-electron chi connectivity index (χ0n) is 6.76. The molecule has 0 aliphatic carbocycles. The van der Waals surface area contributed by atoms with Crippen LogP contribution in [0.5, 0.6) is 0 Å². The first kappa shape index (κ1) is 9.74. The molecule has 0 spiro atoms. The average Bonchev–Trinajstić information content (AvgIpc) is 1.97. The Morgan fingerprint density at radius 2 is 2.36 bits per heavy atom. The number of amidine groups is 1. The molecule has 0 heterocycles. The molecule has 1 amide bonds. The van der Waals surface area contributed by atoms with Gasteiger partial charge in [0, 0.05) is 6.54 Å². The number of hydrogen-bond donors (Lipinski definition) is 2. The first-order valence-electron chi connectivity index (χ1n) is 3.25. The number of carbonyl (C=O) groups excluding carboxylic acids is 1. The van der Waals surface area contributed by atoms with Gasteiger partial charge < -0.3 is 15.8 Å². The summed E-state index contributed by atoms with van der Waals surface area (Å²) in [6, 6.07) is 0. The Kier molecular flexibility index (Phi) is 4.89. The van der Waals surface area contributed by atoms with E-state index in [1.165, 1.54) is 7.11 Å². The van der Waals surface area contributed by atoms with E-state index in [9.17, 15) is 4.79 Å². The molecule has 0 aliphatic rings. The van der Waals surface area contributed by atoms with Crippen LogP contribution in [0.4, 0.5) is 4.79 Å². The summed E-state index contributed by atoms with van der Waals surface area (Å²) in [4.78, 5) is 14.3. The normalized spacial score (nSPS) is 10.9. The molecule has 0 aliphatic heterocycles. The summed E-state index contributed by atoms with van der Waals surface area (Å²) in [5.41, 5.74) is 5.25. The lowest BCUT2D eigenvalue weighted by atomic mass is 10.6. The number of hydrogen-bond acceptors (Lipinski definition) is 3. The van der Waals surface area contributed by atoms with Crippen molar-refractivity contribution in [2.24, 2.45) is 10.7 Å². The van der Waals surface area contributed by atoms with E-state index in [0.29, 0.717) is 18.9 Å². The van der Waals surface area contributed by atoms with Gasteiger partial charge in [-0.3, -0.25) is 4.99 Å². The summed E-state index contributed by atoms with van der Waals surface area (Å²) in [5, 5.41) is 2.46. The molecule has 0 radical (unpaired) electrons. The third-order valence-electron chi connectivity index (χ3n) is 0.928. The third-order valence-corrected chi connectivity index (χ3v) is 0.928. The molecule has 5 heteroatoms. The van der Waals surface area contributed by atoms with Gasteiger partial charge in [0.2, 0.25) is 0 Å². The molecule has 0 aromatic carbocycles. The second-order valence-electron chi connectivity index (χ2n) is 1.94. The monoisotopic (exact) mass is 159 g/mol. The van der Waals surface area contributed by atoms with E-state index in [0.717, 1.165) is 0 Å². The van der Waals surface area contributed by atoms with Gasteiger partial charge in [0.1, 0.15) is 0 Å². The third kappa shape index (κ3) is 6.63. The molecule has 0 saturated carbocycles. The lowest BCUT2D eigenvalue weighted by Gasteiger charge is -1.99. The van der Waals surface area contributed by atoms with E-state index < -0.39 is 6.09 Å². The van der Waals surface area contributed by atoms with Crippen LogP contribution >= 0.6 is 0 Å². The summed E-state index contributed by atoms with van der Waals surface area (Å²) < 4.78 is 4.33. The lowest BCUT2D eigenvalue weighted by molar-refractivity contribution is 0.171. The van der Waals surface area contributed by atoms with Crippen LogP contribution in [0.25, 0.3) is 0 Å². The summed E-state index contributed by atoms with van der Waals surface area (Å²) in [6.45, 7) is 2.62. The number of amides is 1. The van der Waals surface area contributed by atoms with Crippen molar-refractivity contribution in [3.8, 4) is 0 Å². The van der Waals surface area contributed by atoms with Gasteiger partial charge in [0.25, 0.3) is 0 Å². The van der Waals surface area contributed by atoms with E-state index in [1.54, 1.807) is 6.92 Å². The summed E-state index contributed by atoms with van der Waals surface area (Å²) >= 11 is 0. The summed E-state index contributed by atoms with van der Waals surface area (Å²) in [7, 11) is 1.31. The highest BCUT2D eigenvalue weighted by molar-refractivity contribution is 5.77. The van der Waals surface area contributed by atoms with Gasteiger partial charge >= 0.3 is 6.09 Å². The van der Waals surface area contributed by atoms with Crippen LogP contribution in [0.15, 0.2) is 4.99 Å². The topological polar surface area (TPSA) is 76.7 Å². The number of nitrogens with two attached hydrogens (primary N) is 1. The Bertz CT molecular complexity index is 152. The number of carbonyl (C=O) groups is 1. The molecule has 0 rings (SSSR count). The number of nitrogens with one attached hydrogen (secondary N) is 1. The van der Waals surface area contributed by atoms with E-state index in [-0.39, 0.29) is 0 Å². The molecule has 0 saturated heterocycles. The van der Waals surface area contributed by atoms with Gasteiger partial charge in [-0.25, -0.2) is 4.79 Å². The molecule has 5 nitrogen and oxygen atoms in total. The van der Waals surface area contributed by atoms with Crippen LogP contribution in [0.2, 0.25) is 0 Å². The standard InChI is InChI=1S/C6H13N3O2/c1-5(7)8-3-4-9-6(10)11-2/h3-4H2,1-2H3,(H2,7,8)(H,9,10). The molecule has 3 N–H and O–H groups in total. The van der Waals surface area contributed by atoms with E-state index in [4.69, 9.17) is 5.73 Å². The first-order valence-corrected chi connectivity index (χ1v) is 3.25. The molecule has 0 bridgehead atoms. The smallest absolute Gasteiger partial charge is 0.406 e. The van der Waals surface area contributed by atoms with E-state index in [2.05, 4.69) is 15.0 Å². The molecule has 0 atom stereocenters. The van der Waals surface area contributed by atoms with Crippen molar-refractivity contribution in [3.63, 3.8) is 0 Å². The van der Waals surface area contributed by atoms with Crippen LogP contribution in [0, 0.1) is 0 Å². The fraction of sp³-hybridized carbons (Fsp3) is 0.667. The number of methoxy groups -OCH3 is 1. The zero-order chi connectivity index (χ0) is 8.69. The lowest BCUT2D eigenvalue weighted by Crippen LogP contribution is -2.26. The Morgan fingerprint density at radius 3 is 2.82 bits per heavy atom. The Morgan fingerprint density at radius 1 is 1.73 bits per heavy atom. The number of nitrogens with zero attached hydrogens (tertiary/aromatic N) is 1. The number of rotatable bonds is 3. The number of ether oxygens (including phenoxy) is 1. The van der Waals surface area contributed by atoms with Crippen molar-refractivity contribution < 1.29 is 9.53 Å². The predicted octanol–water partition coefficient (Wildman–Crippen LogP) is -0.281. The highest BCUT2D eigenvalue weighted by Gasteiger charge is 1.93.